The number of allylic oxidation sites excluding steroid dienone is 3. The topological polar surface area (TPSA) is 48.3 Å². The molecule has 0 amide bonds. The van der Waals surface area contributed by atoms with Crippen molar-refractivity contribution < 1.29 is 9.47 Å². The molecule has 1 aliphatic carbocycles. The number of hydrogen-bond donors (Lipinski definition) is 1. The Balaban J connectivity index is 2.20. The Bertz CT molecular complexity index is 691. The zero-order chi connectivity index (χ0) is 20.6. The normalized spacial score (nSPS) is 19.1. The molecule has 1 heterocycles. The van der Waals surface area contributed by atoms with Crippen molar-refractivity contribution in [3.63, 3.8) is 0 Å². The van der Waals surface area contributed by atoms with E-state index in [1.54, 1.807) is 6.08 Å². The quantitative estimate of drug-likeness (QED) is 0.594. The Hall–Kier alpha value is -1.85. The number of hydrogen-bond acceptors (Lipinski definition) is 4. The van der Waals surface area contributed by atoms with Crippen molar-refractivity contribution in [1.29, 1.82) is 0 Å². The maximum Gasteiger partial charge on any atom is 0.212 e. The summed E-state index contributed by atoms with van der Waals surface area (Å²) in [5.41, 5.74) is 2.25. The fourth-order valence-corrected chi connectivity index (χ4v) is 3.70. The molecule has 156 valence electrons. The molecule has 1 saturated carbocycles. The van der Waals surface area contributed by atoms with Crippen LogP contribution in [0.2, 0.25) is 0 Å². The average molecular weight is 388 g/mol. The third-order valence-corrected chi connectivity index (χ3v) is 5.64. The van der Waals surface area contributed by atoms with Crippen LogP contribution in [0.25, 0.3) is 0 Å². The Morgan fingerprint density at radius 2 is 2.04 bits per heavy atom. The van der Waals surface area contributed by atoms with Gasteiger partial charge in [0, 0.05) is 19.7 Å². The molecular weight excluding hydrogens is 350 g/mol. The van der Waals surface area contributed by atoms with Crippen molar-refractivity contribution in [2.45, 2.75) is 65.1 Å². The van der Waals surface area contributed by atoms with E-state index in [9.17, 15) is 0 Å². The standard InChI is InChI=1S/C23H37N3O2/c1-7-9-19(10-8-2)17-28-21-15-20(16-24-5)25-26(21)18-23(27-6)13-11-22(3,4)12-14-23/h7-10,15,24H,1,11-14,16-18H2,2-6H3/b10-8-,19-9+. The third-order valence-electron chi connectivity index (χ3n) is 5.64. The van der Waals surface area contributed by atoms with E-state index in [0.29, 0.717) is 25.1 Å². The van der Waals surface area contributed by atoms with E-state index in [4.69, 9.17) is 14.6 Å². The molecular formula is C23H37N3O2. The summed E-state index contributed by atoms with van der Waals surface area (Å²) in [6.07, 6.45) is 12.2. The molecule has 0 aromatic carbocycles. The van der Waals surface area contributed by atoms with E-state index < -0.39 is 0 Å². The van der Waals surface area contributed by atoms with Gasteiger partial charge in [-0.15, -0.1) is 0 Å². The molecule has 5 heteroatoms. The third kappa shape index (κ3) is 6.08. The van der Waals surface area contributed by atoms with Crippen LogP contribution in [0.5, 0.6) is 5.88 Å². The summed E-state index contributed by atoms with van der Waals surface area (Å²) in [5, 5.41) is 7.95. The molecule has 0 saturated heterocycles. The largest absolute Gasteiger partial charge is 0.473 e. The van der Waals surface area contributed by atoms with Gasteiger partial charge >= 0.3 is 0 Å². The summed E-state index contributed by atoms with van der Waals surface area (Å²) in [7, 11) is 3.75. The van der Waals surface area contributed by atoms with Crippen molar-refractivity contribution in [2.24, 2.45) is 5.41 Å². The minimum atomic E-state index is -0.181. The van der Waals surface area contributed by atoms with Crippen LogP contribution < -0.4 is 10.1 Å². The number of nitrogens with zero attached hydrogens (tertiary/aromatic N) is 2. The van der Waals surface area contributed by atoms with Crippen LogP contribution >= 0.6 is 0 Å². The van der Waals surface area contributed by atoms with Crippen molar-refractivity contribution in [1.82, 2.24) is 15.1 Å². The molecule has 1 N–H and O–H groups in total. The first-order valence-corrected chi connectivity index (χ1v) is 10.2. The SMILES string of the molecule is C=C/C=C(\C=C/C)COc1cc(CNC)nn1CC1(OC)CCC(C)(C)CC1. The van der Waals surface area contributed by atoms with Crippen LogP contribution in [0.15, 0.2) is 42.5 Å². The Morgan fingerprint density at radius 1 is 1.32 bits per heavy atom. The summed E-state index contributed by atoms with van der Waals surface area (Å²) in [6.45, 7) is 12.4. The number of nitrogens with one attached hydrogen (secondary N) is 1. The van der Waals surface area contributed by atoms with Crippen molar-refractivity contribution >= 4 is 0 Å². The molecule has 1 fully saturated rings. The van der Waals surface area contributed by atoms with Crippen molar-refractivity contribution in [3.05, 3.63) is 48.2 Å². The highest BCUT2D eigenvalue weighted by molar-refractivity contribution is 5.25. The van der Waals surface area contributed by atoms with Gasteiger partial charge in [-0.05, 0) is 50.6 Å². The molecule has 5 nitrogen and oxygen atoms in total. The van der Waals surface area contributed by atoms with Gasteiger partial charge in [-0.2, -0.15) is 5.10 Å². The van der Waals surface area contributed by atoms with Gasteiger partial charge in [-0.25, -0.2) is 4.68 Å². The summed E-state index contributed by atoms with van der Waals surface area (Å²) in [6, 6.07) is 2.02. The van der Waals surface area contributed by atoms with E-state index in [1.807, 2.05) is 50.1 Å². The Kier molecular flexibility index (Phi) is 8.08. The van der Waals surface area contributed by atoms with Crippen LogP contribution in [0.4, 0.5) is 0 Å². The van der Waals surface area contributed by atoms with Gasteiger partial charge in [-0.3, -0.25) is 0 Å². The molecule has 28 heavy (non-hydrogen) atoms. The van der Waals surface area contributed by atoms with E-state index in [-0.39, 0.29) is 5.60 Å². The zero-order valence-electron chi connectivity index (χ0n) is 18.3. The number of methoxy groups -OCH3 is 1. The van der Waals surface area contributed by atoms with Crippen LogP contribution in [-0.4, -0.2) is 36.1 Å². The van der Waals surface area contributed by atoms with Gasteiger partial charge in [0.25, 0.3) is 0 Å². The molecule has 0 bridgehead atoms. The minimum Gasteiger partial charge on any atom is -0.473 e. The number of aromatic nitrogens is 2. The van der Waals surface area contributed by atoms with Crippen LogP contribution in [0, 0.1) is 5.41 Å². The lowest BCUT2D eigenvalue weighted by molar-refractivity contribution is -0.0754. The smallest absolute Gasteiger partial charge is 0.212 e. The van der Waals surface area contributed by atoms with E-state index in [0.717, 1.165) is 42.8 Å². The first-order valence-electron chi connectivity index (χ1n) is 10.2. The zero-order valence-corrected chi connectivity index (χ0v) is 18.3. The van der Waals surface area contributed by atoms with E-state index >= 15 is 0 Å². The molecule has 2 rings (SSSR count). The molecule has 0 aliphatic heterocycles. The van der Waals surface area contributed by atoms with E-state index in [1.165, 1.54) is 0 Å². The van der Waals surface area contributed by atoms with Crippen molar-refractivity contribution in [3.8, 4) is 5.88 Å². The lowest BCUT2D eigenvalue weighted by Gasteiger charge is -2.42. The summed E-state index contributed by atoms with van der Waals surface area (Å²) < 4.78 is 14.2. The highest BCUT2D eigenvalue weighted by Crippen LogP contribution is 2.42. The Morgan fingerprint density at radius 3 is 2.61 bits per heavy atom. The van der Waals surface area contributed by atoms with Crippen LogP contribution in [-0.2, 0) is 17.8 Å². The minimum absolute atomic E-state index is 0.181. The maximum absolute atomic E-state index is 6.15. The molecule has 0 spiro atoms. The van der Waals surface area contributed by atoms with E-state index in [2.05, 4.69) is 25.7 Å². The summed E-state index contributed by atoms with van der Waals surface area (Å²) >= 11 is 0. The lowest BCUT2D eigenvalue weighted by atomic mass is 9.71. The highest BCUT2D eigenvalue weighted by atomic mass is 16.5. The predicted octanol–water partition coefficient (Wildman–Crippen LogP) is 4.66. The Labute approximate surface area is 170 Å². The summed E-state index contributed by atoms with van der Waals surface area (Å²) in [4.78, 5) is 0. The monoisotopic (exact) mass is 387 g/mol. The van der Waals surface area contributed by atoms with Gasteiger partial charge in [0.05, 0.1) is 17.8 Å². The lowest BCUT2D eigenvalue weighted by Crippen LogP contribution is -2.42. The number of rotatable bonds is 10. The second-order valence-electron chi connectivity index (χ2n) is 8.48. The first kappa shape index (κ1) is 22.4. The van der Waals surface area contributed by atoms with Gasteiger partial charge < -0.3 is 14.8 Å². The summed E-state index contributed by atoms with van der Waals surface area (Å²) in [5.74, 6) is 0.783. The number of ether oxygens (including phenoxy) is 2. The van der Waals surface area contributed by atoms with Crippen LogP contribution in [0.3, 0.4) is 0 Å². The van der Waals surface area contributed by atoms with Gasteiger partial charge in [0.2, 0.25) is 5.88 Å². The first-order chi connectivity index (χ1) is 13.4. The maximum atomic E-state index is 6.15. The van der Waals surface area contributed by atoms with Gasteiger partial charge in [0.15, 0.2) is 0 Å². The van der Waals surface area contributed by atoms with Crippen LogP contribution in [0.1, 0.15) is 52.1 Å². The molecule has 0 radical (unpaired) electrons. The molecule has 1 aliphatic rings. The molecule has 1 aromatic rings. The highest BCUT2D eigenvalue weighted by Gasteiger charge is 2.39. The second kappa shape index (κ2) is 10.1. The predicted molar refractivity (Wildman–Crippen MR) is 116 cm³/mol. The molecule has 0 atom stereocenters. The van der Waals surface area contributed by atoms with Gasteiger partial charge in [0.1, 0.15) is 6.61 Å². The molecule has 0 unspecified atom stereocenters. The second-order valence-corrected chi connectivity index (χ2v) is 8.48. The fourth-order valence-electron chi connectivity index (χ4n) is 3.70. The van der Waals surface area contributed by atoms with Gasteiger partial charge in [-0.1, -0.05) is 44.7 Å². The average Bonchev–Trinajstić information content (AvgIpc) is 3.03. The fraction of sp³-hybridized carbons (Fsp3) is 0.609. The molecule has 1 aromatic heterocycles. The van der Waals surface area contributed by atoms with Crippen molar-refractivity contribution in [2.75, 3.05) is 20.8 Å².